The van der Waals surface area contributed by atoms with Crippen molar-refractivity contribution in [3.05, 3.63) is 23.5 Å². The van der Waals surface area contributed by atoms with E-state index in [1.807, 2.05) is 18.2 Å². The minimum absolute atomic E-state index is 0.0207. The third kappa shape index (κ3) is 3.03. The van der Waals surface area contributed by atoms with Gasteiger partial charge in [-0.25, -0.2) is 9.97 Å². The predicted octanol–water partition coefficient (Wildman–Crippen LogP) is 1.32. The van der Waals surface area contributed by atoms with E-state index >= 15 is 0 Å². The van der Waals surface area contributed by atoms with E-state index in [1.165, 1.54) is 23.1 Å². The summed E-state index contributed by atoms with van der Waals surface area (Å²) < 4.78 is 0. The lowest BCUT2D eigenvalue weighted by Crippen LogP contribution is -2.57. The SMILES string of the molecule is CCN1CCc2[nH]cnc2C12CCN(C(=O)CSc1n[nH]c(C)n1)CC2. The Hall–Kier alpha value is -1.87. The maximum Gasteiger partial charge on any atom is 0.233 e. The summed E-state index contributed by atoms with van der Waals surface area (Å²) >= 11 is 1.39. The van der Waals surface area contributed by atoms with Gasteiger partial charge in [0.2, 0.25) is 11.1 Å². The van der Waals surface area contributed by atoms with E-state index in [4.69, 9.17) is 0 Å². The summed E-state index contributed by atoms with van der Waals surface area (Å²) in [5, 5.41) is 7.52. The number of imidazole rings is 1. The Morgan fingerprint density at radius 3 is 2.85 bits per heavy atom. The summed E-state index contributed by atoms with van der Waals surface area (Å²) in [5.74, 6) is 1.31. The first kappa shape index (κ1) is 17.5. The molecule has 8 nitrogen and oxygen atoms in total. The number of carbonyl (C=O) groups is 1. The van der Waals surface area contributed by atoms with Crippen molar-refractivity contribution >= 4 is 17.7 Å². The van der Waals surface area contributed by atoms with Crippen molar-refractivity contribution < 1.29 is 4.79 Å². The molecule has 1 saturated heterocycles. The first-order valence-corrected chi connectivity index (χ1v) is 10.2. The first-order chi connectivity index (χ1) is 12.6. The van der Waals surface area contributed by atoms with Crippen LogP contribution in [0, 0.1) is 6.92 Å². The van der Waals surface area contributed by atoms with Crippen LogP contribution in [0.25, 0.3) is 0 Å². The zero-order valence-corrected chi connectivity index (χ0v) is 16.1. The molecule has 2 aromatic rings. The van der Waals surface area contributed by atoms with Gasteiger partial charge < -0.3 is 9.88 Å². The van der Waals surface area contributed by atoms with Crippen LogP contribution in [0.2, 0.25) is 0 Å². The molecule has 0 atom stereocenters. The van der Waals surface area contributed by atoms with E-state index in [1.54, 1.807) is 0 Å². The van der Waals surface area contributed by atoms with E-state index in [0.29, 0.717) is 10.9 Å². The number of thioether (sulfide) groups is 1. The molecule has 1 amide bonds. The second kappa shape index (κ2) is 7.03. The number of nitrogens with one attached hydrogen (secondary N) is 2. The number of aromatic nitrogens is 5. The molecule has 140 valence electrons. The largest absolute Gasteiger partial charge is 0.348 e. The van der Waals surface area contributed by atoms with Crippen LogP contribution in [-0.2, 0) is 16.8 Å². The maximum atomic E-state index is 12.6. The van der Waals surface area contributed by atoms with Crippen molar-refractivity contribution in [1.82, 2.24) is 34.9 Å². The molecular formula is C17H25N7OS. The molecule has 2 aromatic heterocycles. The van der Waals surface area contributed by atoms with Crippen molar-refractivity contribution in [3.8, 4) is 0 Å². The zero-order valence-electron chi connectivity index (χ0n) is 15.3. The van der Waals surface area contributed by atoms with Crippen molar-refractivity contribution in [2.45, 2.75) is 43.8 Å². The van der Waals surface area contributed by atoms with Crippen molar-refractivity contribution in [1.29, 1.82) is 0 Å². The Kier molecular flexibility index (Phi) is 4.74. The molecule has 1 spiro atoms. The van der Waals surface area contributed by atoms with Gasteiger partial charge in [0, 0.05) is 31.7 Å². The molecule has 9 heteroatoms. The number of aromatic amines is 2. The van der Waals surface area contributed by atoms with E-state index in [2.05, 4.69) is 37.0 Å². The van der Waals surface area contributed by atoms with E-state index in [-0.39, 0.29) is 11.4 Å². The fraction of sp³-hybridized carbons (Fsp3) is 0.647. The average Bonchev–Trinajstić information content (AvgIpc) is 3.30. The van der Waals surface area contributed by atoms with Gasteiger partial charge in [0.05, 0.1) is 23.3 Å². The molecule has 0 bridgehead atoms. The van der Waals surface area contributed by atoms with Crippen LogP contribution < -0.4 is 0 Å². The number of aryl methyl sites for hydroxylation is 1. The quantitative estimate of drug-likeness (QED) is 0.783. The molecule has 0 radical (unpaired) electrons. The van der Waals surface area contributed by atoms with Crippen LogP contribution in [0.15, 0.2) is 11.5 Å². The summed E-state index contributed by atoms with van der Waals surface area (Å²) in [6.45, 7) is 7.69. The Labute approximate surface area is 157 Å². The highest BCUT2D eigenvalue weighted by molar-refractivity contribution is 7.99. The van der Waals surface area contributed by atoms with E-state index in [9.17, 15) is 4.79 Å². The number of piperidine rings is 1. The topological polar surface area (TPSA) is 93.8 Å². The molecule has 2 N–H and O–H groups in total. The van der Waals surface area contributed by atoms with E-state index in [0.717, 1.165) is 51.3 Å². The van der Waals surface area contributed by atoms with Crippen LogP contribution in [0.3, 0.4) is 0 Å². The Balaban J connectivity index is 1.41. The predicted molar refractivity (Wildman–Crippen MR) is 98.9 cm³/mol. The molecule has 0 aliphatic carbocycles. The third-order valence-corrected chi connectivity index (χ3v) is 6.45. The Bertz CT molecular complexity index is 778. The monoisotopic (exact) mass is 375 g/mol. The molecule has 1 fully saturated rings. The number of likely N-dealkylation sites (tertiary alicyclic amines) is 1. The lowest BCUT2D eigenvalue weighted by Gasteiger charge is -2.50. The number of nitrogens with zero attached hydrogens (tertiary/aromatic N) is 5. The van der Waals surface area contributed by atoms with Gasteiger partial charge in [0.1, 0.15) is 5.82 Å². The third-order valence-electron chi connectivity index (χ3n) is 5.62. The molecule has 0 aromatic carbocycles. The smallest absolute Gasteiger partial charge is 0.233 e. The summed E-state index contributed by atoms with van der Waals surface area (Å²) in [6.07, 6.45) is 4.72. The van der Waals surface area contributed by atoms with Gasteiger partial charge >= 0.3 is 0 Å². The molecule has 0 unspecified atom stereocenters. The fourth-order valence-electron chi connectivity index (χ4n) is 4.27. The molecule has 0 saturated carbocycles. The minimum Gasteiger partial charge on any atom is -0.348 e. The zero-order chi connectivity index (χ0) is 18.1. The summed E-state index contributed by atoms with van der Waals surface area (Å²) in [6, 6.07) is 0. The molecule has 26 heavy (non-hydrogen) atoms. The summed E-state index contributed by atoms with van der Waals surface area (Å²) in [7, 11) is 0. The van der Waals surface area contributed by atoms with Gasteiger partial charge in [-0.3, -0.25) is 14.8 Å². The minimum atomic E-state index is -0.0207. The number of hydrogen-bond donors (Lipinski definition) is 2. The number of H-pyrrole nitrogens is 2. The van der Waals surface area contributed by atoms with Crippen molar-refractivity contribution in [2.75, 3.05) is 31.9 Å². The average molecular weight is 376 g/mol. The maximum absolute atomic E-state index is 12.6. The van der Waals surface area contributed by atoms with Gasteiger partial charge in [-0.2, -0.15) is 0 Å². The number of carbonyl (C=O) groups excluding carboxylic acids is 1. The Morgan fingerprint density at radius 2 is 2.15 bits per heavy atom. The van der Waals surface area contributed by atoms with Gasteiger partial charge in [-0.15, -0.1) is 5.10 Å². The Morgan fingerprint density at radius 1 is 1.35 bits per heavy atom. The van der Waals surface area contributed by atoms with Gasteiger partial charge in [-0.05, 0) is 26.3 Å². The molecule has 2 aliphatic heterocycles. The van der Waals surface area contributed by atoms with Gasteiger partial charge in [-0.1, -0.05) is 18.7 Å². The summed E-state index contributed by atoms with van der Waals surface area (Å²) in [5.41, 5.74) is 2.45. The highest BCUT2D eigenvalue weighted by Crippen LogP contribution is 2.42. The summed E-state index contributed by atoms with van der Waals surface area (Å²) in [4.78, 5) is 29.3. The molecular weight excluding hydrogens is 350 g/mol. The second-order valence-electron chi connectivity index (χ2n) is 6.96. The first-order valence-electron chi connectivity index (χ1n) is 9.20. The number of fused-ring (bicyclic) bond motifs is 2. The van der Waals surface area contributed by atoms with Crippen LogP contribution in [0.1, 0.15) is 37.0 Å². The van der Waals surface area contributed by atoms with Crippen LogP contribution in [-0.4, -0.2) is 72.8 Å². The van der Waals surface area contributed by atoms with Gasteiger partial charge in [0.15, 0.2) is 0 Å². The molecule has 2 aliphatic rings. The lowest BCUT2D eigenvalue weighted by atomic mass is 9.78. The normalized spacial score (nSPS) is 19.7. The highest BCUT2D eigenvalue weighted by Gasteiger charge is 2.46. The van der Waals surface area contributed by atoms with Crippen LogP contribution in [0.5, 0.6) is 0 Å². The van der Waals surface area contributed by atoms with Crippen molar-refractivity contribution in [2.24, 2.45) is 0 Å². The molecule has 4 rings (SSSR count). The number of amides is 1. The fourth-order valence-corrected chi connectivity index (χ4v) is 5.01. The van der Waals surface area contributed by atoms with Crippen molar-refractivity contribution in [3.63, 3.8) is 0 Å². The number of hydrogen-bond acceptors (Lipinski definition) is 6. The number of rotatable bonds is 4. The van der Waals surface area contributed by atoms with Crippen LogP contribution >= 0.6 is 11.8 Å². The van der Waals surface area contributed by atoms with Gasteiger partial charge in [0.25, 0.3) is 0 Å². The second-order valence-corrected chi connectivity index (χ2v) is 7.91. The number of likely N-dealkylation sites (N-methyl/N-ethyl adjacent to an activating group) is 1. The standard InChI is InChI=1S/C17H25N7OS/c1-3-24-7-4-13-15(19-11-18-13)17(24)5-8-23(9-6-17)14(25)10-26-16-20-12(2)21-22-16/h11H,3-10H2,1-2H3,(H,18,19)(H,20,21,22). The molecule has 4 heterocycles. The highest BCUT2D eigenvalue weighted by atomic mass is 32.2. The van der Waals surface area contributed by atoms with E-state index < -0.39 is 0 Å². The van der Waals surface area contributed by atoms with Crippen LogP contribution in [0.4, 0.5) is 0 Å². The lowest BCUT2D eigenvalue weighted by molar-refractivity contribution is -0.131.